The Morgan fingerprint density at radius 1 is 1.41 bits per heavy atom. The predicted octanol–water partition coefficient (Wildman–Crippen LogP) is 2.47. The second kappa shape index (κ2) is 5.31. The summed E-state index contributed by atoms with van der Waals surface area (Å²) in [6.07, 6.45) is 0. The fraction of sp³-hybridized carbons (Fsp3) is 0.667. The summed E-state index contributed by atoms with van der Waals surface area (Å²) in [6.45, 7) is 9.82. The van der Waals surface area contributed by atoms with Crippen LogP contribution in [0.4, 0.5) is 0 Å². The summed E-state index contributed by atoms with van der Waals surface area (Å²) in [4.78, 5) is 15.6. The molecule has 17 heavy (non-hydrogen) atoms. The van der Waals surface area contributed by atoms with E-state index in [1.807, 2.05) is 20.8 Å². The van der Waals surface area contributed by atoms with Crippen molar-refractivity contribution in [2.45, 2.75) is 46.8 Å². The SMILES string of the molecule is CCOC(=O)c1oc(COC(C)(C)C)nc1C. The van der Waals surface area contributed by atoms with Gasteiger partial charge in [0.2, 0.25) is 11.7 Å². The first-order valence-electron chi connectivity index (χ1n) is 5.61. The topological polar surface area (TPSA) is 61.6 Å². The van der Waals surface area contributed by atoms with Gasteiger partial charge in [-0.2, -0.15) is 0 Å². The zero-order valence-corrected chi connectivity index (χ0v) is 11.0. The van der Waals surface area contributed by atoms with E-state index < -0.39 is 5.97 Å². The Morgan fingerprint density at radius 2 is 2.06 bits per heavy atom. The van der Waals surface area contributed by atoms with Gasteiger partial charge < -0.3 is 13.9 Å². The van der Waals surface area contributed by atoms with Crippen LogP contribution in [0.3, 0.4) is 0 Å². The lowest BCUT2D eigenvalue weighted by atomic mass is 10.2. The minimum atomic E-state index is -0.487. The number of oxazole rings is 1. The van der Waals surface area contributed by atoms with Crippen LogP contribution < -0.4 is 0 Å². The number of aromatic nitrogens is 1. The van der Waals surface area contributed by atoms with Crippen LogP contribution in [0.25, 0.3) is 0 Å². The summed E-state index contributed by atoms with van der Waals surface area (Å²) < 4.78 is 15.7. The first kappa shape index (κ1) is 13.7. The molecule has 0 atom stereocenters. The molecule has 1 aromatic heterocycles. The first-order chi connectivity index (χ1) is 7.83. The summed E-state index contributed by atoms with van der Waals surface area (Å²) in [6, 6.07) is 0. The van der Waals surface area contributed by atoms with E-state index in [2.05, 4.69) is 4.98 Å². The molecule has 0 saturated carbocycles. The van der Waals surface area contributed by atoms with Crippen molar-refractivity contribution in [1.82, 2.24) is 4.98 Å². The van der Waals surface area contributed by atoms with Gasteiger partial charge in [0.1, 0.15) is 6.61 Å². The summed E-state index contributed by atoms with van der Waals surface area (Å²) in [5.41, 5.74) is 0.253. The highest BCUT2D eigenvalue weighted by atomic mass is 16.5. The largest absolute Gasteiger partial charge is 0.460 e. The van der Waals surface area contributed by atoms with Crippen molar-refractivity contribution in [1.29, 1.82) is 0 Å². The normalized spacial score (nSPS) is 11.6. The van der Waals surface area contributed by atoms with Crippen molar-refractivity contribution < 1.29 is 18.7 Å². The van der Waals surface area contributed by atoms with E-state index in [0.29, 0.717) is 18.2 Å². The zero-order valence-electron chi connectivity index (χ0n) is 11.0. The van der Waals surface area contributed by atoms with Gasteiger partial charge in [-0.15, -0.1) is 0 Å². The van der Waals surface area contributed by atoms with Crippen LogP contribution in [-0.2, 0) is 16.1 Å². The fourth-order valence-corrected chi connectivity index (χ4v) is 1.18. The van der Waals surface area contributed by atoms with Crippen molar-refractivity contribution in [3.63, 3.8) is 0 Å². The van der Waals surface area contributed by atoms with Crippen molar-refractivity contribution >= 4 is 5.97 Å². The maximum atomic E-state index is 11.5. The maximum absolute atomic E-state index is 11.5. The van der Waals surface area contributed by atoms with E-state index >= 15 is 0 Å². The number of nitrogens with zero attached hydrogens (tertiary/aromatic N) is 1. The Balaban J connectivity index is 2.71. The number of rotatable bonds is 4. The maximum Gasteiger partial charge on any atom is 0.376 e. The van der Waals surface area contributed by atoms with E-state index in [-0.39, 0.29) is 18.0 Å². The number of esters is 1. The number of hydrogen-bond acceptors (Lipinski definition) is 5. The van der Waals surface area contributed by atoms with E-state index in [4.69, 9.17) is 13.9 Å². The second-order valence-corrected chi connectivity index (χ2v) is 4.64. The molecule has 96 valence electrons. The second-order valence-electron chi connectivity index (χ2n) is 4.64. The van der Waals surface area contributed by atoms with Crippen molar-refractivity contribution in [2.75, 3.05) is 6.61 Å². The Kier molecular flexibility index (Phi) is 4.28. The molecule has 0 N–H and O–H groups in total. The van der Waals surface area contributed by atoms with Gasteiger partial charge in [-0.3, -0.25) is 0 Å². The van der Waals surface area contributed by atoms with Gasteiger partial charge in [0.15, 0.2) is 0 Å². The van der Waals surface area contributed by atoms with Crippen molar-refractivity contribution in [3.05, 3.63) is 17.3 Å². The number of carbonyl (C=O) groups is 1. The average Bonchev–Trinajstić information content (AvgIpc) is 2.56. The molecular weight excluding hydrogens is 222 g/mol. The highest BCUT2D eigenvalue weighted by molar-refractivity contribution is 5.87. The predicted molar refractivity (Wildman–Crippen MR) is 61.7 cm³/mol. The molecule has 1 rings (SSSR count). The van der Waals surface area contributed by atoms with Crippen LogP contribution in [0.1, 0.15) is 49.8 Å². The Hall–Kier alpha value is -1.36. The van der Waals surface area contributed by atoms with Crippen LogP contribution >= 0.6 is 0 Å². The van der Waals surface area contributed by atoms with Crippen molar-refractivity contribution in [2.24, 2.45) is 0 Å². The number of aryl methyl sites for hydroxylation is 1. The molecule has 0 bridgehead atoms. The molecule has 0 aliphatic heterocycles. The third-order valence-electron chi connectivity index (χ3n) is 1.93. The molecule has 0 saturated heterocycles. The van der Waals surface area contributed by atoms with Crippen LogP contribution in [-0.4, -0.2) is 23.2 Å². The average molecular weight is 241 g/mol. The van der Waals surface area contributed by atoms with Gasteiger partial charge in [0, 0.05) is 0 Å². The lowest BCUT2D eigenvalue weighted by Crippen LogP contribution is -2.18. The molecular formula is C12H19NO4. The molecule has 5 heteroatoms. The Bertz CT molecular complexity index is 390. The standard InChI is InChI=1S/C12H19NO4/c1-6-15-11(14)10-8(2)13-9(17-10)7-16-12(3,4)5/h6-7H2,1-5H3. The van der Waals surface area contributed by atoms with Gasteiger partial charge in [-0.25, -0.2) is 9.78 Å². The molecule has 5 nitrogen and oxygen atoms in total. The number of ether oxygens (including phenoxy) is 2. The van der Waals surface area contributed by atoms with Gasteiger partial charge in [-0.1, -0.05) is 0 Å². The summed E-state index contributed by atoms with van der Waals surface area (Å²) >= 11 is 0. The summed E-state index contributed by atoms with van der Waals surface area (Å²) in [7, 11) is 0. The van der Waals surface area contributed by atoms with E-state index in [0.717, 1.165) is 0 Å². The Morgan fingerprint density at radius 3 is 2.59 bits per heavy atom. The van der Waals surface area contributed by atoms with Gasteiger partial charge in [0.05, 0.1) is 17.9 Å². The van der Waals surface area contributed by atoms with Crippen LogP contribution in [0.15, 0.2) is 4.42 Å². The molecule has 0 spiro atoms. The molecule has 0 unspecified atom stereocenters. The third kappa shape index (κ3) is 4.19. The fourth-order valence-electron chi connectivity index (χ4n) is 1.18. The van der Waals surface area contributed by atoms with E-state index in [9.17, 15) is 4.79 Å². The molecule has 0 fully saturated rings. The third-order valence-corrected chi connectivity index (χ3v) is 1.93. The summed E-state index contributed by atoms with van der Waals surface area (Å²) in [5, 5.41) is 0. The lowest BCUT2D eigenvalue weighted by Gasteiger charge is -2.17. The molecule has 0 aliphatic rings. The van der Waals surface area contributed by atoms with Gasteiger partial charge in [0.25, 0.3) is 0 Å². The number of carbonyl (C=O) groups excluding carboxylic acids is 1. The molecule has 0 amide bonds. The number of hydrogen-bond donors (Lipinski definition) is 0. The van der Waals surface area contributed by atoms with Crippen LogP contribution in [0.5, 0.6) is 0 Å². The van der Waals surface area contributed by atoms with E-state index in [1.165, 1.54) is 0 Å². The smallest absolute Gasteiger partial charge is 0.376 e. The van der Waals surface area contributed by atoms with Crippen LogP contribution in [0, 0.1) is 6.92 Å². The minimum Gasteiger partial charge on any atom is -0.460 e. The van der Waals surface area contributed by atoms with Gasteiger partial charge >= 0.3 is 5.97 Å². The highest BCUT2D eigenvalue weighted by Crippen LogP contribution is 2.15. The summed E-state index contributed by atoms with van der Waals surface area (Å²) in [5.74, 6) is 0.0549. The van der Waals surface area contributed by atoms with Crippen LogP contribution in [0.2, 0.25) is 0 Å². The molecule has 1 heterocycles. The minimum absolute atomic E-state index is 0.152. The first-order valence-corrected chi connectivity index (χ1v) is 5.61. The van der Waals surface area contributed by atoms with Crippen molar-refractivity contribution in [3.8, 4) is 0 Å². The molecule has 0 aromatic carbocycles. The molecule has 0 aliphatic carbocycles. The monoisotopic (exact) mass is 241 g/mol. The highest BCUT2D eigenvalue weighted by Gasteiger charge is 2.19. The lowest BCUT2D eigenvalue weighted by molar-refractivity contribution is -0.0247. The van der Waals surface area contributed by atoms with Gasteiger partial charge in [-0.05, 0) is 34.6 Å². The zero-order chi connectivity index (χ0) is 13.1. The van der Waals surface area contributed by atoms with E-state index in [1.54, 1.807) is 13.8 Å². The quantitative estimate of drug-likeness (QED) is 0.758. The molecule has 0 radical (unpaired) electrons. The Labute approximate surface area is 101 Å². The molecule has 1 aromatic rings.